The average molecular weight is 377 g/mol. The van der Waals surface area contributed by atoms with E-state index >= 15 is 0 Å². The van der Waals surface area contributed by atoms with E-state index in [1.54, 1.807) is 12.1 Å². The second-order valence-corrected chi connectivity index (χ2v) is 8.54. The van der Waals surface area contributed by atoms with Crippen molar-refractivity contribution in [3.05, 3.63) is 65.8 Å². The lowest BCUT2D eigenvalue weighted by Crippen LogP contribution is -2.03. The van der Waals surface area contributed by atoms with Crippen molar-refractivity contribution in [1.29, 1.82) is 0 Å². The highest BCUT2D eigenvalue weighted by Gasteiger charge is 2.18. The van der Waals surface area contributed by atoms with Crippen LogP contribution in [0.4, 0.5) is 0 Å². The van der Waals surface area contributed by atoms with E-state index in [4.69, 9.17) is 11.6 Å². The molecule has 0 bridgehead atoms. The fraction of sp³-hybridized carbons (Fsp3) is 0.0588. The molecule has 0 aliphatic carbocycles. The number of aromatic nitrogens is 2. The zero-order chi connectivity index (χ0) is 17.2. The van der Waals surface area contributed by atoms with Crippen LogP contribution in [-0.2, 0) is 9.84 Å². The van der Waals surface area contributed by atoms with E-state index in [0.29, 0.717) is 15.9 Å². The quantitative estimate of drug-likeness (QED) is 0.633. The van der Waals surface area contributed by atoms with Gasteiger partial charge in [-0.15, -0.1) is 0 Å². The molecule has 24 heavy (non-hydrogen) atoms. The Bertz CT molecular complexity index is 960. The largest absolute Gasteiger partial charge is 0.235 e. The minimum atomic E-state index is -3.43. The summed E-state index contributed by atoms with van der Waals surface area (Å²) in [5.41, 5.74) is 0.829. The van der Waals surface area contributed by atoms with Crippen LogP contribution in [0.3, 0.4) is 0 Å². The third-order valence-electron chi connectivity index (χ3n) is 3.18. The van der Waals surface area contributed by atoms with E-state index in [1.165, 1.54) is 18.0 Å². The molecular formula is C17H13ClN2O2S2. The fourth-order valence-electron chi connectivity index (χ4n) is 2.02. The lowest BCUT2D eigenvalue weighted by molar-refractivity contribution is 0.598. The van der Waals surface area contributed by atoms with Crippen LogP contribution < -0.4 is 0 Å². The van der Waals surface area contributed by atoms with E-state index in [-0.39, 0.29) is 4.90 Å². The number of hydrogen-bond donors (Lipinski definition) is 0. The second kappa shape index (κ2) is 6.93. The molecule has 4 nitrogen and oxygen atoms in total. The highest BCUT2D eigenvalue weighted by molar-refractivity contribution is 8.00. The van der Waals surface area contributed by atoms with Gasteiger partial charge < -0.3 is 0 Å². The molecule has 1 heterocycles. The number of benzene rings is 2. The first-order valence-electron chi connectivity index (χ1n) is 6.99. The molecule has 0 amide bonds. The molecular weight excluding hydrogens is 364 g/mol. The van der Waals surface area contributed by atoms with Crippen molar-refractivity contribution >= 4 is 33.2 Å². The third-order valence-corrected chi connectivity index (χ3v) is 5.67. The van der Waals surface area contributed by atoms with Gasteiger partial charge in [0.05, 0.1) is 6.20 Å². The SMILES string of the molecule is CS(=O)(=O)c1cnc(-c2ccccc2)nc1Sc1ccc(Cl)cc1. The molecule has 0 unspecified atom stereocenters. The van der Waals surface area contributed by atoms with Crippen molar-refractivity contribution in [2.75, 3.05) is 6.26 Å². The summed E-state index contributed by atoms with van der Waals surface area (Å²) in [5.74, 6) is 0.486. The summed E-state index contributed by atoms with van der Waals surface area (Å²) in [5, 5.41) is 1.02. The smallest absolute Gasteiger partial charge is 0.179 e. The lowest BCUT2D eigenvalue weighted by Gasteiger charge is -2.09. The molecule has 122 valence electrons. The predicted molar refractivity (Wildman–Crippen MR) is 96.2 cm³/mol. The van der Waals surface area contributed by atoms with E-state index in [0.717, 1.165) is 16.7 Å². The van der Waals surface area contributed by atoms with Gasteiger partial charge in [0, 0.05) is 21.7 Å². The van der Waals surface area contributed by atoms with E-state index in [9.17, 15) is 8.42 Å². The van der Waals surface area contributed by atoms with Crippen LogP contribution in [0.5, 0.6) is 0 Å². The summed E-state index contributed by atoms with van der Waals surface area (Å²) < 4.78 is 24.1. The van der Waals surface area contributed by atoms with Crippen molar-refractivity contribution < 1.29 is 8.42 Å². The van der Waals surface area contributed by atoms with Gasteiger partial charge in [0.1, 0.15) is 9.92 Å². The Balaban J connectivity index is 2.08. The zero-order valence-corrected chi connectivity index (χ0v) is 15.1. The number of hydrogen-bond acceptors (Lipinski definition) is 5. The molecule has 0 spiro atoms. The van der Waals surface area contributed by atoms with E-state index in [2.05, 4.69) is 9.97 Å². The third kappa shape index (κ3) is 3.95. The molecule has 0 aliphatic heterocycles. The van der Waals surface area contributed by atoms with E-state index < -0.39 is 9.84 Å². The molecule has 0 N–H and O–H groups in total. The van der Waals surface area contributed by atoms with Crippen LogP contribution in [0.1, 0.15) is 0 Å². The van der Waals surface area contributed by atoms with Gasteiger partial charge in [-0.25, -0.2) is 18.4 Å². The predicted octanol–water partition coefficient (Wildman–Crippen LogP) is 4.35. The highest BCUT2D eigenvalue weighted by atomic mass is 35.5. The van der Waals surface area contributed by atoms with Crippen LogP contribution >= 0.6 is 23.4 Å². The summed E-state index contributed by atoms with van der Waals surface area (Å²) >= 11 is 7.16. The second-order valence-electron chi connectivity index (χ2n) is 5.06. The Kier molecular flexibility index (Phi) is 4.89. The molecule has 0 atom stereocenters. The summed E-state index contributed by atoms with van der Waals surface area (Å²) in [6, 6.07) is 16.6. The molecule has 0 saturated heterocycles. The van der Waals surface area contributed by atoms with Gasteiger partial charge in [-0.05, 0) is 24.3 Å². The van der Waals surface area contributed by atoms with E-state index in [1.807, 2.05) is 42.5 Å². The maximum Gasteiger partial charge on any atom is 0.179 e. The number of sulfone groups is 1. The fourth-order valence-corrected chi connectivity index (χ4v) is 4.12. The average Bonchev–Trinajstić information content (AvgIpc) is 2.57. The standard InChI is InChI=1S/C17H13ClN2O2S2/c1-24(21,22)15-11-19-16(12-5-3-2-4-6-12)20-17(15)23-14-9-7-13(18)8-10-14/h2-11H,1H3. The maximum absolute atomic E-state index is 12.0. The monoisotopic (exact) mass is 376 g/mol. The molecule has 3 aromatic rings. The topological polar surface area (TPSA) is 59.9 Å². The Labute approximate surface area is 149 Å². The van der Waals surface area contributed by atoms with Crippen molar-refractivity contribution in [3.8, 4) is 11.4 Å². The first-order valence-corrected chi connectivity index (χ1v) is 10.1. The number of nitrogens with zero attached hydrogens (tertiary/aromatic N) is 2. The molecule has 2 aromatic carbocycles. The Morgan fingerprint density at radius 2 is 1.67 bits per heavy atom. The molecule has 0 saturated carbocycles. The minimum absolute atomic E-state index is 0.113. The van der Waals surface area contributed by atoms with Crippen molar-refractivity contribution in [2.24, 2.45) is 0 Å². The summed E-state index contributed by atoms with van der Waals surface area (Å²) in [7, 11) is -3.43. The maximum atomic E-state index is 12.0. The zero-order valence-electron chi connectivity index (χ0n) is 12.7. The first kappa shape index (κ1) is 17.0. The molecule has 0 radical (unpaired) electrons. The normalized spacial score (nSPS) is 11.4. The Morgan fingerprint density at radius 3 is 2.29 bits per heavy atom. The van der Waals surface area contributed by atoms with Gasteiger partial charge in [0.2, 0.25) is 0 Å². The van der Waals surface area contributed by atoms with Crippen molar-refractivity contribution in [2.45, 2.75) is 14.8 Å². The molecule has 0 aliphatic rings. The van der Waals surface area contributed by atoms with Gasteiger partial charge in [0.25, 0.3) is 0 Å². The number of halogens is 1. The lowest BCUT2D eigenvalue weighted by atomic mass is 10.2. The Hall–Kier alpha value is -1.89. The first-order chi connectivity index (χ1) is 11.4. The molecule has 1 aromatic heterocycles. The van der Waals surface area contributed by atoms with Crippen LogP contribution in [0.2, 0.25) is 5.02 Å². The Morgan fingerprint density at radius 1 is 1.00 bits per heavy atom. The van der Waals surface area contributed by atoms with Crippen LogP contribution in [0.25, 0.3) is 11.4 Å². The summed E-state index contributed by atoms with van der Waals surface area (Å²) in [6.45, 7) is 0. The van der Waals surface area contributed by atoms with Crippen molar-refractivity contribution in [3.63, 3.8) is 0 Å². The van der Waals surface area contributed by atoms with Crippen LogP contribution in [0, 0.1) is 0 Å². The van der Waals surface area contributed by atoms with Crippen LogP contribution in [-0.4, -0.2) is 24.6 Å². The summed E-state index contributed by atoms with van der Waals surface area (Å²) in [4.78, 5) is 9.64. The molecule has 7 heteroatoms. The summed E-state index contributed by atoms with van der Waals surface area (Å²) in [6.07, 6.45) is 2.52. The molecule has 0 fully saturated rings. The van der Waals surface area contributed by atoms with Crippen LogP contribution in [0.15, 0.2) is 75.6 Å². The van der Waals surface area contributed by atoms with Gasteiger partial charge >= 0.3 is 0 Å². The van der Waals surface area contributed by atoms with Gasteiger partial charge in [0.15, 0.2) is 15.7 Å². The van der Waals surface area contributed by atoms with Crippen molar-refractivity contribution in [1.82, 2.24) is 9.97 Å². The van der Waals surface area contributed by atoms with Gasteiger partial charge in [-0.3, -0.25) is 0 Å². The van der Waals surface area contributed by atoms with Gasteiger partial charge in [-0.1, -0.05) is 53.7 Å². The number of rotatable bonds is 4. The van der Waals surface area contributed by atoms with Gasteiger partial charge in [-0.2, -0.15) is 0 Å². The highest BCUT2D eigenvalue weighted by Crippen LogP contribution is 2.32. The minimum Gasteiger partial charge on any atom is -0.235 e. The molecule has 3 rings (SSSR count).